The zero-order chi connectivity index (χ0) is 31.3. The third-order valence-electron chi connectivity index (χ3n) is 7.40. The molecule has 0 aliphatic carbocycles. The SMILES string of the molecule is C[C@H](NC(=O)c1ccccc1NC(=O)[C@@H]1CN(S(=O)(=O)c2ccccc2)CCN1S(=O)(=O)c1ccccc1)c1ccccc1. The van der Waals surface area contributed by atoms with Crippen molar-refractivity contribution in [1.82, 2.24) is 13.9 Å². The third kappa shape index (κ3) is 6.58. The Bertz CT molecular complexity index is 1840. The molecular formula is C32H32N4O6S2. The summed E-state index contributed by atoms with van der Waals surface area (Å²) in [6.07, 6.45) is 0. The van der Waals surface area contributed by atoms with Crippen LogP contribution >= 0.6 is 0 Å². The summed E-state index contributed by atoms with van der Waals surface area (Å²) in [5.74, 6) is -1.21. The van der Waals surface area contributed by atoms with Crippen LogP contribution in [0.25, 0.3) is 0 Å². The molecule has 5 rings (SSSR count). The lowest BCUT2D eigenvalue weighted by Gasteiger charge is -2.39. The first-order valence-corrected chi connectivity index (χ1v) is 16.8. The van der Waals surface area contributed by atoms with Crippen LogP contribution in [0, 0.1) is 0 Å². The number of piperazine rings is 1. The van der Waals surface area contributed by atoms with Crippen molar-refractivity contribution >= 4 is 37.5 Å². The number of anilines is 1. The summed E-state index contributed by atoms with van der Waals surface area (Å²) in [5.41, 5.74) is 1.23. The molecule has 1 fully saturated rings. The molecule has 1 saturated heterocycles. The van der Waals surface area contributed by atoms with Crippen LogP contribution < -0.4 is 10.6 Å². The van der Waals surface area contributed by atoms with Gasteiger partial charge in [-0.1, -0.05) is 78.9 Å². The van der Waals surface area contributed by atoms with Gasteiger partial charge in [0.1, 0.15) is 6.04 Å². The maximum atomic E-state index is 13.9. The van der Waals surface area contributed by atoms with Crippen molar-refractivity contribution < 1.29 is 26.4 Å². The van der Waals surface area contributed by atoms with Gasteiger partial charge >= 0.3 is 0 Å². The smallest absolute Gasteiger partial charge is 0.253 e. The fourth-order valence-corrected chi connectivity index (χ4v) is 8.09. The Hall–Kier alpha value is -4.36. The highest BCUT2D eigenvalue weighted by Crippen LogP contribution is 2.27. The molecule has 2 amide bonds. The van der Waals surface area contributed by atoms with Crippen molar-refractivity contribution in [3.63, 3.8) is 0 Å². The van der Waals surface area contributed by atoms with Crippen LogP contribution in [0.3, 0.4) is 0 Å². The molecule has 0 saturated carbocycles. The largest absolute Gasteiger partial charge is 0.345 e. The lowest BCUT2D eigenvalue weighted by Crippen LogP contribution is -2.60. The Labute approximate surface area is 257 Å². The van der Waals surface area contributed by atoms with E-state index in [1.54, 1.807) is 54.6 Å². The van der Waals surface area contributed by atoms with Crippen LogP contribution in [0.5, 0.6) is 0 Å². The van der Waals surface area contributed by atoms with Crippen molar-refractivity contribution in [3.8, 4) is 0 Å². The number of benzene rings is 4. The minimum Gasteiger partial charge on any atom is -0.345 e. The topological polar surface area (TPSA) is 133 Å². The molecule has 12 heteroatoms. The Morgan fingerprint density at radius 2 is 1.23 bits per heavy atom. The highest BCUT2D eigenvalue weighted by atomic mass is 32.2. The molecule has 44 heavy (non-hydrogen) atoms. The van der Waals surface area contributed by atoms with Crippen LogP contribution in [0.15, 0.2) is 125 Å². The van der Waals surface area contributed by atoms with Crippen molar-refractivity contribution in [2.24, 2.45) is 0 Å². The Morgan fingerprint density at radius 3 is 1.84 bits per heavy atom. The van der Waals surface area contributed by atoms with E-state index >= 15 is 0 Å². The minimum atomic E-state index is -4.18. The van der Waals surface area contributed by atoms with Gasteiger partial charge in [-0.2, -0.15) is 8.61 Å². The van der Waals surface area contributed by atoms with Gasteiger partial charge in [-0.05, 0) is 48.9 Å². The summed E-state index contributed by atoms with van der Waals surface area (Å²) in [6.45, 7) is 1.01. The van der Waals surface area contributed by atoms with Gasteiger partial charge in [-0.3, -0.25) is 9.59 Å². The molecule has 0 spiro atoms. The van der Waals surface area contributed by atoms with Gasteiger partial charge in [0.25, 0.3) is 5.91 Å². The summed E-state index contributed by atoms with van der Waals surface area (Å²) in [4.78, 5) is 27.2. The van der Waals surface area contributed by atoms with E-state index in [2.05, 4.69) is 10.6 Å². The molecule has 1 heterocycles. The first-order chi connectivity index (χ1) is 21.1. The van der Waals surface area contributed by atoms with E-state index in [4.69, 9.17) is 0 Å². The number of amides is 2. The lowest BCUT2D eigenvalue weighted by molar-refractivity contribution is -0.120. The van der Waals surface area contributed by atoms with Crippen LogP contribution in [0.1, 0.15) is 28.9 Å². The van der Waals surface area contributed by atoms with Gasteiger partial charge in [-0.15, -0.1) is 0 Å². The van der Waals surface area contributed by atoms with Gasteiger partial charge in [0.05, 0.1) is 27.1 Å². The van der Waals surface area contributed by atoms with E-state index in [-0.39, 0.29) is 40.2 Å². The summed E-state index contributed by atoms with van der Waals surface area (Å²) in [7, 11) is -8.21. The zero-order valence-corrected chi connectivity index (χ0v) is 25.5. The van der Waals surface area contributed by atoms with Crippen LogP contribution in [0.2, 0.25) is 0 Å². The number of carbonyl (C=O) groups excluding carboxylic acids is 2. The van der Waals surface area contributed by atoms with Crippen molar-refractivity contribution in [2.75, 3.05) is 25.0 Å². The van der Waals surface area contributed by atoms with E-state index < -0.39 is 44.4 Å². The molecule has 0 aromatic heterocycles. The second kappa shape index (κ2) is 13.1. The monoisotopic (exact) mass is 632 g/mol. The molecule has 228 valence electrons. The third-order valence-corrected chi connectivity index (χ3v) is 11.2. The fourth-order valence-electron chi connectivity index (χ4n) is 5.04. The van der Waals surface area contributed by atoms with Crippen molar-refractivity contribution in [1.29, 1.82) is 0 Å². The lowest BCUT2D eigenvalue weighted by atomic mass is 10.1. The van der Waals surface area contributed by atoms with Gasteiger partial charge < -0.3 is 10.6 Å². The average Bonchev–Trinajstić information content (AvgIpc) is 3.05. The first kappa shape index (κ1) is 31.1. The predicted molar refractivity (Wildman–Crippen MR) is 167 cm³/mol. The molecule has 4 aromatic rings. The number of nitrogens with zero attached hydrogens (tertiary/aromatic N) is 2. The Balaban J connectivity index is 1.44. The molecular weight excluding hydrogens is 601 g/mol. The Kier molecular flexibility index (Phi) is 9.25. The molecule has 1 aliphatic heterocycles. The molecule has 10 nitrogen and oxygen atoms in total. The Morgan fingerprint density at radius 1 is 0.705 bits per heavy atom. The van der Waals surface area contributed by atoms with Gasteiger partial charge in [-0.25, -0.2) is 16.8 Å². The highest BCUT2D eigenvalue weighted by Gasteiger charge is 2.43. The van der Waals surface area contributed by atoms with E-state index in [0.29, 0.717) is 0 Å². The normalized spacial score (nSPS) is 17.0. The predicted octanol–water partition coefficient (Wildman–Crippen LogP) is 3.88. The summed E-state index contributed by atoms with van der Waals surface area (Å²) in [5, 5.41) is 5.63. The van der Waals surface area contributed by atoms with Gasteiger partial charge in [0.2, 0.25) is 26.0 Å². The number of sulfonamides is 2. The average molecular weight is 633 g/mol. The number of hydrogen-bond acceptors (Lipinski definition) is 6. The van der Waals surface area contributed by atoms with Crippen LogP contribution in [-0.2, 0) is 24.8 Å². The molecule has 2 N–H and O–H groups in total. The quantitative estimate of drug-likeness (QED) is 0.288. The summed E-state index contributed by atoms with van der Waals surface area (Å²) >= 11 is 0. The fraction of sp³-hybridized carbons (Fsp3) is 0.188. The van der Waals surface area contributed by atoms with Gasteiger partial charge in [0, 0.05) is 19.6 Å². The maximum absolute atomic E-state index is 13.9. The van der Waals surface area contributed by atoms with Crippen LogP contribution in [-0.4, -0.2) is 62.9 Å². The number of nitrogens with one attached hydrogen (secondary N) is 2. The van der Waals surface area contributed by atoms with E-state index in [1.807, 2.05) is 37.3 Å². The number of carbonyl (C=O) groups is 2. The highest BCUT2D eigenvalue weighted by molar-refractivity contribution is 7.89. The van der Waals surface area contributed by atoms with Gasteiger partial charge in [0.15, 0.2) is 0 Å². The number of para-hydroxylation sites is 1. The molecule has 2 atom stereocenters. The first-order valence-electron chi connectivity index (χ1n) is 14.0. The maximum Gasteiger partial charge on any atom is 0.253 e. The molecule has 4 aromatic carbocycles. The van der Waals surface area contributed by atoms with Crippen LogP contribution in [0.4, 0.5) is 5.69 Å². The molecule has 0 bridgehead atoms. The number of rotatable bonds is 9. The second-order valence-electron chi connectivity index (χ2n) is 10.3. The van der Waals surface area contributed by atoms with E-state index in [0.717, 1.165) is 14.2 Å². The van der Waals surface area contributed by atoms with Crippen molar-refractivity contribution in [3.05, 3.63) is 126 Å². The second-order valence-corrected chi connectivity index (χ2v) is 14.1. The summed E-state index contributed by atoms with van der Waals surface area (Å²) in [6, 6.07) is 29.4. The van der Waals surface area contributed by atoms with E-state index in [9.17, 15) is 26.4 Å². The molecule has 0 unspecified atom stereocenters. The molecule has 0 radical (unpaired) electrons. The van der Waals surface area contributed by atoms with E-state index in [1.165, 1.54) is 30.3 Å². The molecule has 1 aliphatic rings. The number of hydrogen-bond donors (Lipinski definition) is 2. The minimum absolute atomic E-state index is 0.0214. The standard InChI is InChI=1S/C32H32N4O6S2/c1-24(25-13-5-2-6-14-25)33-31(37)28-19-11-12-20-29(28)34-32(38)30-23-35(43(39,40)26-15-7-3-8-16-26)21-22-36(30)44(41,42)27-17-9-4-10-18-27/h2-20,24,30H,21-23H2,1H3,(H,33,37)(H,34,38)/t24-,30-/m0/s1. The summed E-state index contributed by atoms with van der Waals surface area (Å²) < 4.78 is 56.5. The van der Waals surface area contributed by atoms with Crippen molar-refractivity contribution in [2.45, 2.75) is 28.8 Å². The zero-order valence-electron chi connectivity index (χ0n) is 23.9.